The molecule has 2 heterocycles. The first kappa shape index (κ1) is 21.2. The molecule has 0 atom stereocenters. The molecule has 0 spiro atoms. The number of benzene rings is 2. The van der Waals surface area contributed by atoms with E-state index < -0.39 is 0 Å². The molecule has 0 aromatic heterocycles. The maximum atomic E-state index is 13.1. The minimum Gasteiger partial charge on any atom is -0.339 e. The van der Waals surface area contributed by atoms with Gasteiger partial charge in [0.2, 0.25) is 0 Å². The molecule has 4 rings (SSSR count). The monoisotopic (exact) mass is 419 g/mol. The minimum atomic E-state index is -0.341. The number of carbonyl (C=O) groups is 3. The molecule has 1 saturated heterocycles. The predicted molar refractivity (Wildman–Crippen MR) is 119 cm³/mol. The molecule has 2 aromatic rings. The van der Waals surface area contributed by atoms with Gasteiger partial charge in [0, 0.05) is 37.8 Å². The Labute approximate surface area is 183 Å². The van der Waals surface area contributed by atoms with Gasteiger partial charge in [0.15, 0.2) is 0 Å². The number of rotatable bonds is 5. The first-order chi connectivity index (χ1) is 14.9. The van der Waals surface area contributed by atoms with Crippen molar-refractivity contribution in [2.75, 3.05) is 20.1 Å². The van der Waals surface area contributed by atoms with Gasteiger partial charge < -0.3 is 9.80 Å². The van der Waals surface area contributed by atoms with E-state index in [9.17, 15) is 14.4 Å². The van der Waals surface area contributed by atoms with Crippen LogP contribution in [0.25, 0.3) is 0 Å². The average Bonchev–Trinajstić information content (AvgIpc) is 3.03. The minimum absolute atomic E-state index is 0.104. The molecule has 0 radical (unpaired) electrons. The van der Waals surface area contributed by atoms with Gasteiger partial charge in [0.1, 0.15) is 0 Å². The highest BCUT2D eigenvalue weighted by Gasteiger charge is 2.36. The molecule has 0 N–H and O–H groups in total. The van der Waals surface area contributed by atoms with Crippen LogP contribution >= 0.6 is 0 Å². The summed E-state index contributed by atoms with van der Waals surface area (Å²) < 4.78 is 0. The first-order valence-corrected chi connectivity index (χ1v) is 10.9. The first-order valence-electron chi connectivity index (χ1n) is 10.9. The number of imide groups is 1. The molecular weight excluding hydrogens is 390 g/mol. The Bertz CT molecular complexity index is 994. The second kappa shape index (κ2) is 8.63. The van der Waals surface area contributed by atoms with Crippen LogP contribution in [0.15, 0.2) is 48.5 Å². The van der Waals surface area contributed by atoms with Crippen molar-refractivity contribution in [3.8, 4) is 0 Å². The summed E-state index contributed by atoms with van der Waals surface area (Å²) in [5.74, 6) is -0.754. The number of carbonyl (C=O) groups excluding carboxylic acids is 3. The van der Waals surface area contributed by atoms with E-state index in [1.807, 2.05) is 37.4 Å². The third kappa shape index (κ3) is 4.12. The predicted octanol–water partition coefficient (Wildman–Crippen LogP) is 3.43. The van der Waals surface area contributed by atoms with E-state index in [1.165, 1.54) is 4.90 Å². The summed E-state index contributed by atoms with van der Waals surface area (Å²) in [5.41, 5.74) is 2.02. The largest absolute Gasteiger partial charge is 0.339 e. The van der Waals surface area contributed by atoms with Gasteiger partial charge in [-0.15, -0.1) is 0 Å². The Hall–Kier alpha value is -2.99. The highest BCUT2D eigenvalue weighted by atomic mass is 16.2. The van der Waals surface area contributed by atoms with E-state index in [0.29, 0.717) is 22.7 Å². The maximum absolute atomic E-state index is 13.1. The average molecular weight is 420 g/mol. The smallest absolute Gasteiger partial charge is 0.261 e. The van der Waals surface area contributed by atoms with Crippen molar-refractivity contribution in [2.24, 2.45) is 0 Å². The van der Waals surface area contributed by atoms with E-state index in [0.717, 1.165) is 31.5 Å². The number of nitrogens with zero attached hydrogens (tertiary/aromatic N) is 3. The van der Waals surface area contributed by atoms with Gasteiger partial charge in [-0.1, -0.05) is 30.3 Å². The third-order valence-corrected chi connectivity index (χ3v) is 6.50. The number of likely N-dealkylation sites (tertiary alicyclic amines) is 1. The molecule has 2 aliphatic heterocycles. The lowest BCUT2D eigenvalue weighted by Crippen LogP contribution is -2.47. The van der Waals surface area contributed by atoms with Crippen LogP contribution < -0.4 is 0 Å². The van der Waals surface area contributed by atoms with Gasteiger partial charge in [-0.25, -0.2) is 0 Å². The molecule has 3 amide bonds. The van der Waals surface area contributed by atoms with Crippen LogP contribution in [-0.2, 0) is 6.54 Å². The summed E-state index contributed by atoms with van der Waals surface area (Å²) in [6.07, 6.45) is 1.88. The summed E-state index contributed by atoms with van der Waals surface area (Å²) in [6.45, 7) is 6.57. The van der Waals surface area contributed by atoms with E-state index in [4.69, 9.17) is 0 Å². The van der Waals surface area contributed by atoms with Crippen LogP contribution in [0.3, 0.4) is 0 Å². The highest BCUT2D eigenvalue weighted by Crippen LogP contribution is 2.27. The number of amides is 3. The number of hydrogen-bond donors (Lipinski definition) is 0. The molecule has 1 fully saturated rings. The summed E-state index contributed by atoms with van der Waals surface area (Å²) in [5, 5.41) is 0. The summed E-state index contributed by atoms with van der Waals surface area (Å²) in [4.78, 5) is 44.3. The van der Waals surface area contributed by atoms with Gasteiger partial charge in [0.25, 0.3) is 17.7 Å². The number of fused-ring (bicyclic) bond motifs is 1. The molecule has 0 aliphatic carbocycles. The second-order valence-electron chi connectivity index (χ2n) is 8.72. The molecule has 2 aliphatic rings. The lowest BCUT2D eigenvalue weighted by atomic mass is 10.0. The molecule has 6 heteroatoms. The van der Waals surface area contributed by atoms with Crippen molar-refractivity contribution >= 4 is 17.7 Å². The Morgan fingerprint density at radius 2 is 1.65 bits per heavy atom. The van der Waals surface area contributed by atoms with Crippen molar-refractivity contribution in [1.82, 2.24) is 14.7 Å². The van der Waals surface area contributed by atoms with Crippen LogP contribution in [-0.4, -0.2) is 64.6 Å². The fourth-order valence-corrected chi connectivity index (χ4v) is 4.49. The van der Waals surface area contributed by atoms with Gasteiger partial charge in [-0.3, -0.25) is 19.3 Å². The molecule has 31 heavy (non-hydrogen) atoms. The van der Waals surface area contributed by atoms with Crippen LogP contribution in [0.5, 0.6) is 0 Å². The normalized spacial score (nSPS) is 17.4. The van der Waals surface area contributed by atoms with Crippen molar-refractivity contribution in [2.45, 2.75) is 45.3 Å². The SMILES string of the molecule is CC(C)N1CCC(N(C)C(=O)c2ccc3c(c2)C(=O)N(Cc2ccccc2)C3=O)CC1. The van der Waals surface area contributed by atoms with Crippen molar-refractivity contribution in [3.05, 3.63) is 70.8 Å². The van der Waals surface area contributed by atoms with Gasteiger partial charge in [-0.2, -0.15) is 0 Å². The zero-order valence-corrected chi connectivity index (χ0v) is 18.4. The Morgan fingerprint density at radius 1 is 1.00 bits per heavy atom. The third-order valence-electron chi connectivity index (χ3n) is 6.50. The Morgan fingerprint density at radius 3 is 2.29 bits per heavy atom. The molecule has 0 bridgehead atoms. The molecule has 6 nitrogen and oxygen atoms in total. The van der Waals surface area contributed by atoms with Crippen LogP contribution in [0.2, 0.25) is 0 Å². The van der Waals surface area contributed by atoms with Crippen molar-refractivity contribution in [1.29, 1.82) is 0 Å². The number of piperidine rings is 1. The van der Waals surface area contributed by atoms with Gasteiger partial charge in [0.05, 0.1) is 17.7 Å². The molecular formula is C25H29N3O3. The van der Waals surface area contributed by atoms with Crippen LogP contribution in [0.4, 0.5) is 0 Å². The van der Waals surface area contributed by atoms with Gasteiger partial charge >= 0.3 is 0 Å². The fourth-order valence-electron chi connectivity index (χ4n) is 4.49. The van der Waals surface area contributed by atoms with Crippen molar-refractivity contribution in [3.63, 3.8) is 0 Å². The van der Waals surface area contributed by atoms with E-state index in [2.05, 4.69) is 18.7 Å². The van der Waals surface area contributed by atoms with E-state index in [1.54, 1.807) is 23.1 Å². The Balaban J connectivity index is 1.48. The summed E-state index contributed by atoms with van der Waals surface area (Å²) >= 11 is 0. The maximum Gasteiger partial charge on any atom is 0.261 e. The van der Waals surface area contributed by atoms with Crippen molar-refractivity contribution < 1.29 is 14.4 Å². The second-order valence-corrected chi connectivity index (χ2v) is 8.72. The zero-order chi connectivity index (χ0) is 22.1. The lowest BCUT2D eigenvalue weighted by Gasteiger charge is -2.38. The molecule has 162 valence electrons. The molecule has 0 saturated carbocycles. The van der Waals surface area contributed by atoms with E-state index >= 15 is 0 Å². The molecule has 0 unspecified atom stereocenters. The van der Waals surface area contributed by atoms with Crippen LogP contribution in [0.1, 0.15) is 63.3 Å². The quantitative estimate of drug-likeness (QED) is 0.697. The molecule has 2 aromatic carbocycles. The van der Waals surface area contributed by atoms with E-state index in [-0.39, 0.29) is 30.3 Å². The highest BCUT2D eigenvalue weighted by molar-refractivity contribution is 6.22. The summed E-state index contributed by atoms with van der Waals surface area (Å²) in [7, 11) is 1.83. The standard InChI is InChI=1S/C25H29N3O3/c1-17(2)27-13-11-20(12-14-27)26(3)23(29)19-9-10-21-22(15-19)25(31)28(24(21)30)16-18-7-5-4-6-8-18/h4-10,15,17,20H,11-14,16H2,1-3H3. The summed E-state index contributed by atoms with van der Waals surface area (Å²) in [6, 6.07) is 15.0. The lowest BCUT2D eigenvalue weighted by molar-refractivity contribution is 0.0613. The Kier molecular flexibility index (Phi) is 5.92. The number of hydrogen-bond acceptors (Lipinski definition) is 4. The zero-order valence-electron chi connectivity index (χ0n) is 18.4. The van der Waals surface area contributed by atoms with Gasteiger partial charge in [-0.05, 0) is 50.5 Å². The van der Waals surface area contributed by atoms with Crippen LogP contribution in [0, 0.1) is 0 Å². The topological polar surface area (TPSA) is 60.9 Å². The fraction of sp³-hybridized carbons (Fsp3) is 0.400.